The molecular formula is C11H18N6. The first-order valence-corrected chi connectivity index (χ1v) is 6.16. The van der Waals surface area contributed by atoms with Crippen LogP contribution in [0.3, 0.4) is 0 Å². The van der Waals surface area contributed by atoms with Crippen LogP contribution in [-0.2, 0) is 13.0 Å². The van der Waals surface area contributed by atoms with Crippen LogP contribution in [0.5, 0.6) is 0 Å². The van der Waals surface area contributed by atoms with Crippen LogP contribution in [0, 0.1) is 0 Å². The van der Waals surface area contributed by atoms with Gasteiger partial charge in [0, 0.05) is 51.3 Å². The van der Waals surface area contributed by atoms with Gasteiger partial charge in [-0.15, -0.1) is 0 Å². The third kappa shape index (κ3) is 2.05. The fraction of sp³-hybridized carbons (Fsp3) is 0.636. The van der Waals surface area contributed by atoms with Crippen molar-refractivity contribution >= 4 is 11.8 Å². The maximum atomic E-state index is 5.80. The van der Waals surface area contributed by atoms with Crippen molar-refractivity contribution in [3.8, 4) is 0 Å². The highest BCUT2D eigenvalue weighted by atomic mass is 15.3. The van der Waals surface area contributed by atoms with Gasteiger partial charge in [0.25, 0.3) is 0 Å². The predicted octanol–water partition coefficient (Wildman–Crippen LogP) is -0.886. The molecule has 17 heavy (non-hydrogen) atoms. The Kier molecular flexibility index (Phi) is 2.82. The zero-order valence-electron chi connectivity index (χ0n) is 9.87. The molecule has 2 aliphatic heterocycles. The zero-order chi connectivity index (χ0) is 11.7. The van der Waals surface area contributed by atoms with Crippen LogP contribution in [0.15, 0.2) is 0 Å². The Labute approximate surface area is 101 Å². The van der Waals surface area contributed by atoms with Crippen molar-refractivity contribution in [1.82, 2.24) is 20.6 Å². The number of hydrogen-bond donors (Lipinski definition) is 3. The molecule has 0 spiro atoms. The fourth-order valence-corrected chi connectivity index (χ4v) is 2.48. The SMILES string of the molecule is Nc1nc2c(c(N3CCNCC3)n1)CNCC2. The van der Waals surface area contributed by atoms with Crippen molar-refractivity contribution in [2.75, 3.05) is 43.4 Å². The molecule has 92 valence electrons. The molecule has 0 bridgehead atoms. The lowest BCUT2D eigenvalue weighted by Gasteiger charge is -2.31. The molecule has 0 amide bonds. The van der Waals surface area contributed by atoms with E-state index in [2.05, 4.69) is 25.5 Å². The van der Waals surface area contributed by atoms with Gasteiger partial charge in [0.15, 0.2) is 0 Å². The number of nitrogens with one attached hydrogen (secondary N) is 2. The molecule has 3 heterocycles. The highest BCUT2D eigenvalue weighted by Gasteiger charge is 2.21. The average molecular weight is 234 g/mol. The number of nitrogens with zero attached hydrogens (tertiary/aromatic N) is 3. The molecule has 0 radical (unpaired) electrons. The predicted molar refractivity (Wildman–Crippen MR) is 66.9 cm³/mol. The van der Waals surface area contributed by atoms with E-state index < -0.39 is 0 Å². The van der Waals surface area contributed by atoms with Crippen LogP contribution < -0.4 is 21.3 Å². The lowest BCUT2D eigenvalue weighted by Crippen LogP contribution is -2.45. The number of aromatic nitrogens is 2. The second-order valence-corrected chi connectivity index (χ2v) is 4.49. The minimum absolute atomic E-state index is 0.402. The number of nitrogen functional groups attached to an aromatic ring is 1. The van der Waals surface area contributed by atoms with E-state index >= 15 is 0 Å². The summed E-state index contributed by atoms with van der Waals surface area (Å²) in [4.78, 5) is 11.1. The van der Waals surface area contributed by atoms with Crippen molar-refractivity contribution in [3.05, 3.63) is 11.3 Å². The zero-order valence-corrected chi connectivity index (χ0v) is 9.87. The lowest BCUT2D eigenvalue weighted by molar-refractivity contribution is 0.572. The van der Waals surface area contributed by atoms with Gasteiger partial charge in [0.2, 0.25) is 5.95 Å². The minimum atomic E-state index is 0.402. The Balaban J connectivity index is 1.98. The van der Waals surface area contributed by atoms with Crippen LogP contribution in [0.25, 0.3) is 0 Å². The van der Waals surface area contributed by atoms with Crippen molar-refractivity contribution in [2.24, 2.45) is 0 Å². The second kappa shape index (κ2) is 4.46. The molecule has 1 fully saturated rings. The van der Waals surface area contributed by atoms with Gasteiger partial charge in [-0.1, -0.05) is 0 Å². The average Bonchev–Trinajstić information content (AvgIpc) is 2.39. The van der Waals surface area contributed by atoms with Crippen LogP contribution in [-0.4, -0.2) is 42.7 Å². The molecule has 1 aromatic heterocycles. The summed E-state index contributed by atoms with van der Waals surface area (Å²) < 4.78 is 0. The van der Waals surface area contributed by atoms with E-state index in [1.54, 1.807) is 0 Å². The van der Waals surface area contributed by atoms with E-state index in [-0.39, 0.29) is 0 Å². The maximum absolute atomic E-state index is 5.80. The normalized spacial score (nSPS) is 20.1. The Hall–Kier alpha value is -1.40. The maximum Gasteiger partial charge on any atom is 0.222 e. The number of anilines is 2. The largest absolute Gasteiger partial charge is 0.368 e. The molecule has 4 N–H and O–H groups in total. The van der Waals surface area contributed by atoms with Crippen LogP contribution in [0.2, 0.25) is 0 Å². The van der Waals surface area contributed by atoms with Gasteiger partial charge >= 0.3 is 0 Å². The van der Waals surface area contributed by atoms with Gasteiger partial charge in [0.05, 0.1) is 5.69 Å². The molecule has 0 saturated carbocycles. The van der Waals surface area contributed by atoms with Crippen LogP contribution in [0.1, 0.15) is 11.3 Å². The molecule has 1 saturated heterocycles. The van der Waals surface area contributed by atoms with E-state index in [4.69, 9.17) is 5.73 Å². The van der Waals surface area contributed by atoms with Gasteiger partial charge < -0.3 is 21.3 Å². The third-order valence-electron chi connectivity index (χ3n) is 3.35. The third-order valence-corrected chi connectivity index (χ3v) is 3.35. The molecule has 0 aliphatic carbocycles. The number of hydrogen-bond acceptors (Lipinski definition) is 6. The van der Waals surface area contributed by atoms with Gasteiger partial charge in [-0.25, -0.2) is 4.98 Å². The summed E-state index contributed by atoms with van der Waals surface area (Å²) in [5.74, 6) is 1.43. The van der Waals surface area contributed by atoms with Gasteiger partial charge in [-0.05, 0) is 0 Å². The molecular weight excluding hydrogens is 216 g/mol. The molecule has 2 aliphatic rings. The highest BCUT2D eigenvalue weighted by Crippen LogP contribution is 2.24. The molecule has 0 aromatic carbocycles. The Bertz CT molecular complexity index is 413. The first kappa shape index (κ1) is 10.7. The first-order valence-electron chi connectivity index (χ1n) is 6.16. The van der Waals surface area contributed by atoms with E-state index in [1.807, 2.05) is 0 Å². The molecule has 6 heteroatoms. The summed E-state index contributed by atoms with van der Waals surface area (Å²) >= 11 is 0. The van der Waals surface area contributed by atoms with Crippen molar-refractivity contribution < 1.29 is 0 Å². The van der Waals surface area contributed by atoms with Gasteiger partial charge in [0.1, 0.15) is 5.82 Å². The second-order valence-electron chi connectivity index (χ2n) is 4.49. The highest BCUT2D eigenvalue weighted by molar-refractivity contribution is 5.53. The Morgan fingerprint density at radius 3 is 2.71 bits per heavy atom. The van der Waals surface area contributed by atoms with Crippen molar-refractivity contribution in [1.29, 1.82) is 0 Å². The summed E-state index contributed by atoms with van der Waals surface area (Å²) in [6.07, 6.45) is 0.946. The number of piperazine rings is 1. The summed E-state index contributed by atoms with van der Waals surface area (Å²) in [5, 5.41) is 6.72. The molecule has 0 atom stereocenters. The Morgan fingerprint density at radius 2 is 1.88 bits per heavy atom. The van der Waals surface area contributed by atoms with Crippen molar-refractivity contribution in [3.63, 3.8) is 0 Å². The minimum Gasteiger partial charge on any atom is -0.368 e. The standard InChI is InChI=1S/C11H18N6/c12-11-15-9-1-2-14-7-8(9)10(16-11)17-5-3-13-4-6-17/h13-14H,1-7H2,(H2,12,15,16). The topological polar surface area (TPSA) is 79.1 Å². The summed E-state index contributed by atoms with van der Waals surface area (Å²) in [6, 6.07) is 0. The summed E-state index contributed by atoms with van der Waals surface area (Å²) in [5.41, 5.74) is 8.15. The lowest BCUT2D eigenvalue weighted by atomic mass is 10.1. The van der Waals surface area contributed by atoms with Crippen LogP contribution in [0.4, 0.5) is 11.8 Å². The van der Waals surface area contributed by atoms with E-state index in [9.17, 15) is 0 Å². The molecule has 6 nitrogen and oxygen atoms in total. The smallest absolute Gasteiger partial charge is 0.222 e. The number of rotatable bonds is 1. The molecule has 3 rings (SSSR count). The van der Waals surface area contributed by atoms with E-state index in [1.165, 1.54) is 5.56 Å². The quantitative estimate of drug-likeness (QED) is 0.585. The summed E-state index contributed by atoms with van der Waals surface area (Å²) in [7, 11) is 0. The Morgan fingerprint density at radius 1 is 1.06 bits per heavy atom. The summed E-state index contributed by atoms with van der Waals surface area (Å²) in [6.45, 7) is 5.82. The fourth-order valence-electron chi connectivity index (χ4n) is 2.48. The first-order chi connectivity index (χ1) is 8.34. The monoisotopic (exact) mass is 234 g/mol. The van der Waals surface area contributed by atoms with E-state index in [0.29, 0.717) is 5.95 Å². The number of nitrogens with two attached hydrogens (primary N) is 1. The molecule has 0 unspecified atom stereocenters. The van der Waals surface area contributed by atoms with Crippen LogP contribution >= 0.6 is 0 Å². The van der Waals surface area contributed by atoms with Crippen molar-refractivity contribution in [2.45, 2.75) is 13.0 Å². The molecule has 1 aromatic rings. The van der Waals surface area contributed by atoms with Gasteiger partial charge in [-0.3, -0.25) is 0 Å². The van der Waals surface area contributed by atoms with E-state index in [0.717, 1.165) is 57.2 Å². The number of fused-ring (bicyclic) bond motifs is 1. The van der Waals surface area contributed by atoms with Gasteiger partial charge in [-0.2, -0.15) is 4.98 Å².